The van der Waals surface area contributed by atoms with Gasteiger partial charge in [0.15, 0.2) is 0 Å². The van der Waals surface area contributed by atoms with E-state index in [0.717, 1.165) is 23.6 Å². The second kappa shape index (κ2) is 5.82. The van der Waals surface area contributed by atoms with Crippen molar-refractivity contribution in [3.63, 3.8) is 0 Å². The van der Waals surface area contributed by atoms with Crippen LogP contribution in [0.25, 0.3) is 0 Å². The first-order valence-electron chi connectivity index (χ1n) is 6.05. The van der Waals surface area contributed by atoms with Crippen molar-refractivity contribution >= 4 is 23.0 Å². The highest BCUT2D eigenvalue weighted by Gasteiger charge is 2.13. The average molecular weight is 262 g/mol. The molecule has 2 aromatic heterocycles. The average Bonchev–Trinajstić information content (AvgIpc) is 2.91. The second-order valence-electron chi connectivity index (χ2n) is 4.07. The maximum atomic E-state index is 4.33. The first kappa shape index (κ1) is 12.8. The van der Waals surface area contributed by atoms with Gasteiger partial charge < -0.3 is 10.6 Å². The zero-order chi connectivity index (χ0) is 13.0. The molecule has 2 heterocycles. The van der Waals surface area contributed by atoms with Gasteiger partial charge in [-0.15, -0.1) is 11.3 Å². The molecule has 18 heavy (non-hydrogen) atoms. The van der Waals surface area contributed by atoms with Crippen LogP contribution in [0.4, 0.5) is 11.6 Å². The number of nitrogens with one attached hydrogen (secondary N) is 2. The van der Waals surface area contributed by atoms with Crippen LogP contribution in [0.1, 0.15) is 29.8 Å². The van der Waals surface area contributed by atoms with Gasteiger partial charge in [-0.3, -0.25) is 0 Å². The Bertz CT molecular complexity index is 496. The Hall–Kier alpha value is -1.62. The predicted molar refractivity (Wildman–Crippen MR) is 77.3 cm³/mol. The molecule has 0 fully saturated rings. The van der Waals surface area contributed by atoms with Crippen molar-refractivity contribution in [2.24, 2.45) is 0 Å². The van der Waals surface area contributed by atoms with Crippen LogP contribution in [-0.4, -0.2) is 17.0 Å². The Labute approximate surface area is 111 Å². The van der Waals surface area contributed by atoms with E-state index in [0.29, 0.717) is 6.04 Å². The lowest BCUT2D eigenvalue weighted by Gasteiger charge is -2.18. The van der Waals surface area contributed by atoms with Crippen molar-refractivity contribution in [3.8, 4) is 0 Å². The molecule has 0 saturated carbocycles. The molecule has 1 atom stereocenters. The van der Waals surface area contributed by atoms with E-state index < -0.39 is 0 Å². The standard InChI is InChI=1S/C13H18N4S/c1-4-10(11-6-5-7-18-11)17-13-9(2)12(14-3)15-8-16-13/h5-8,10H,4H2,1-3H3,(H2,14,15,16,17). The molecule has 2 aromatic rings. The van der Waals surface area contributed by atoms with E-state index >= 15 is 0 Å². The van der Waals surface area contributed by atoms with E-state index in [1.807, 2.05) is 14.0 Å². The number of aromatic nitrogens is 2. The molecule has 0 aliphatic rings. The van der Waals surface area contributed by atoms with E-state index in [9.17, 15) is 0 Å². The minimum atomic E-state index is 0.309. The molecular formula is C13H18N4S. The fourth-order valence-corrected chi connectivity index (χ4v) is 2.74. The first-order chi connectivity index (χ1) is 8.76. The Morgan fingerprint density at radius 3 is 2.72 bits per heavy atom. The van der Waals surface area contributed by atoms with Gasteiger partial charge in [0.05, 0.1) is 6.04 Å². The maximum absolute atomic E-state index is 4.33. The SMILES string of the molecule is CCC(Nc1ncnc(NC)c1C)c1cccs1. The third kappa shape index (κ3) is 2.61. The lowest BCUT2D eigenvalue weighted by Crippen LogP contribution is -2.11. The van der Waals surface area contributed by atoms with Crippen LogP contribution in [0, 0.1) is 6.92 Å². The first-order valence-corrected chi connectivity index (χ1v) is 6.93. The highest BCUT2D eigenvalue weighted by Crippen LogP contribution is 2.27. The number of hydrogen-bond acceptors (Lipinski definition) is 5. The van der Waals surface area contributed by atoms with Gasteiger partial charge in [-0.2, -0.15) is 0 Å². The van der Waals surface area contributed by atoms with Crippen molar-refractivity contribution in [3.05, 3.63) is 34.3 Å². The van der Waals surface area contributed by atoms with Gasteiger partial charge in [-0.1, -0.05) is 13.0 Å². The quantitative estimate of drug-likeness (QED) is 0.866. The molecule has 0 aromatic carbocycles. The maximum Gasteiger partial charge on any atom is 0.134 e. The molecule has 4 nitrogen and oxygen atoms in total. The third-order valence-corrected chi connectivity index (χ3v) is 3.91. The van der Waals surface area contributed by atoms with E-state index in [-0.39, 0.29) is 0 Å². The minimum Gasteiger partial charge on any atom is -0.373 e. The molecule has 0 amide bonds. The predicted octanol–water partition coefficient (Wildman–Crippen LogP) is 3.45. The summed E-state index contributed by atoms with van der Waals surface area (Å²) in [7, 11) is 1.87. The van der Waals surface area contributed by atoms with Crippen molar-refractivity contribution in [1.82, 2.24) is 9.97 Å². The summed E-state index contributed by atoms with van der Waals surface area (Å²) in [5, 5.41) is 8.67. The van der Waals surface area contributed by atoms with Crippen molar-refractivity contribution in [2.75, 3.05) is 17.7 Å². The number of rotatable bonds is 5. The summed E-state index contributed by atoms with van der Waals surface area (Å²) in [6.45, 7) is 4.20. The van der Waals surface area contributed by atoms with Crippen LogP contribution in [0.2, 0.25) is 0 Å². The highest BCUT2D eigenvalue weighted by molar-refractivity contribution is 7.10. The van der Waals surface area contributed by atoms with E-state index in [1.54, 1.807) is 17.7 Å². The van der Waals surface area contributed by atoms with Gasteiger partial charge in [-0.25, -0.2) is 9.97 Å². The van der Waals surface area contributed by atoms with Crippen LogP contribution in [0.15, 0.2) is 23.8 Å². The van der Waals surface area contributed by atoms with Crippen LogP contribution in [0.3, 0.4) is 0 Å². The van der Waals surface area contributed by atoms with Gasteiger partial charge in [0.1, 0.15) is 18.0 Å². The van der Waals surface area contributed by atoms with Crippen molar-refractivity contribution < 1.29 is 0 Å². The molecule has 0 aliphatic heterocycles. The smallest absolute Gasteiger partial charge is 0.134 e. The molecule has 0 saturated heterocycles. The fourth-order valence-electron chi connectivity index (χ4n) is 1.88. The molecule has 96 valence electrons. The summed E-state index contributed by atoms with van der Waals surface area (Å²) in [6.07, 6.45) is 2.61. The highest BCUT2D eigenvalue weighted by atomic mass is 32.1. The van der Waals surface area contributed by atoms with Gasteiger partial charge in [-0.05, 0) is 24.8 Å². The molecule has 2 rings (SSSR count). The molecule has 0 bridgehead atoms. The summed E-state index contributed by atoms with van der Waals surface area (Å²) < 4.78 is 0. The van der Waals surface area contributed by atoms with Gasteiger partial charge in [0.25, 0.3) is 0 Å². The topological polar surface area (TPSA) is 49.8 Å². The Morgan fingerprint density at radius 2 is 2.11 bits per heavy atom. The van der Waals surface area contributed by atoms with Crippen LogP contribution in [-0.2, 0) is 0 Å². The third-order valence-electron chi connectivity index (χ3n) is 2.93. The number of nitrogens with zero attached hydrogens (tertiary/aromatic N) is 2. The lowest BCUT2D eigenvalue weighted by atomic mass is 10.2. The second-order valence-corrected chi connectivity index (χ2v) is 5.05. The summed E-state index contributed by atoms with van der Waals surface area (Å²) in [5.74, 6) is 1.77. The van der Waals surface area contributed by atoms with Crippen LogP contribution < -0.4 is 10.6 Å². The Kier molecular flexibility index (Phi) is 4.15. The van der Waals surface area contributed by atoms with Crippen molar-refractivity contribution in [2.45, 2.75) is 26.3 Å². The van der Waals surface area contributed by atoms with E-state index in [4.69, 9.17) is 0 Å². The minimum absolute atomic E-state index is 0.309. The molecule has 0 spiro atoms. The molecule has 2 N–H and O–H groups in total. The Balaban J connectivity index is 2.22. The molecule has 1 unspecified atom stereocenters. The van der Waals surface area contributed by atoms with Gasteiger partial charge >= 0.3 is 0 Å². The molecular weight excluding hydrogens is 244 g/mol. The lowest BCUT2D eigenvalue weighted by molar-refractivity contribution is 0.756. The molecule has 0 aliphatic carbocycles. The summed E-state index contributed by atoms with van der Waals surface area (Å²) in [6, 6.07) is 4.54. The van der Waals surface area contributed by atoms with E-state index in [1.165, 1.54) is 4.88 Å². The van der Waals surface area contributed by atoms with Crippen LogP contribution >= 0.6 is 11.3 Å². The van der Waals surface area contributed by atoms with E-state index in [2.05, 4.69) is 45.0 Å². The van der Waals surface area contributed by atoms with Crippen LogP contribution in [0.5, 0.6) is 0 Å². The largest absolute Gasteiger partial charge is 0.373 e. The number of anilines is 2. The van der Waals surface area contributed by atoms with Crippen molar-refractivity contribution in [1.29, 1.82) is 0 Å². The van der Waals surface area contributed by atoms with Gasteiger partial charge in [0.2, 0.25) is 0 Å². The number of thiophene rings is 1. The number of hydrogen-bond donors (Lipinski definition) is 2. The normalized spacial score (nSPS) is 12.2. The molecule has 0 radical (unpaired) electrons. The monoisotopic (exact) mass is 262 g/mol. The summed E-state index contributed by atoms with van der Waals surface area (Å²) in [5.41, 5.74) is 1.05. The fraction of sp³-hybridized carbons (Fsp3) is 0.385. The zero-order valence-corrected chi connectivity index (χ0v) is 11.7. The Morgan fingerprint density at radius 1 is 1.33 bits per heavy atom. The zero-order valence-electron chi connectivity index (χ0n) is 10.9. The van der Waals surface area contributed by atoms with Gasteiger partial charge in [0, 0.05) is 17.5 Å². The summed E-state index contributed by atoms with van der Waals surface area (Å²) >= 11 is 1.77. The molecule has 5 heteroatoms. The summed E-state index contributed by atoms with van der Waals surface area (Å²) in [4.78, 5) is 9.86.